The van der Waals surface area contributed by atoms with Crippen LogP contribution in [0.15, 0.2) is 66.8 Å². The van der Waals surface area contributed by atoms with Crippen molar-refractivity contribution in [3.63, 3.8) is 0 Å². The molecule has 0 radical (unpaired) electrons. The van der Waals surface area contributed by atoms with Crippen LogP contribution in [0, 0.1) is 0 Å². The minimum atomic E-state index is 0.0672. The molecule has 0 spiro atoms. The van der Waals surface area contributed by atoms with Gasteiger partial charge in [-0.05, 0) is 66.3 Å². The molecule has 0 saturated heterocycles. The smallest absolute Gasteiger partial charge is 0.0639 e. The topological polar surface area (TPSA) is 40.5 Å². The molecule has 0 aliphatic carbocycles. The fourth-order valence-electron chi connectivity index (χ4n) is 3.86. The van der Waals surface area contributed by atoms with Crippen molar-refractivity contribution in [1.82, 2.24) is 0 Å². The van der Waals surface area contributed by atoms with Gasteiger partial charge in [-0.1, -0.05) is 99.4 Å². The van der Waals surface area contributed by atoms with E-state index in [4.69, 9.17) is 5.11 Å². The molecule has 0 amide bonds. The first kappa shape index (κ1) is 25.1. The predicted octanol–water partition coefficient (Wildman–Crippen LogP) is 6.83. The zero-order valence-electron chi connectivity index (χ0n) is 19.3. The van der Waals surface area contributed by atoms with Crippen molar-refractivity contribution in [2.45, 2.75) is 71.1 Å². The molecule has 2 rings (SSSR count). The Morgan fingerprint density at radius 3 is 1.90 bits per heavy atom. The molecule has 0 bridgehead atoms. The molecule has 0 saturated carbocycles. The number of hydrogen-bond acceptors (Lipinski definition) is 2. The lowest BCUT2D eigenvalue weighted by Gasteiger charge is -2.14. The summed E-state index contributed by atoms with van der Waals surface area (Å²) < 4.78 is 0. The number of aryl methyl sites for hydroxylation is 3. The third-order valence-electron chi connectivity index (χ3n) is 5.97. The number of benzene rings is 2. The summed E-state index contributed by atoms with van der Waals surface area (Å²) in [5.41, 5.74) is 8.38. The van der Waals surface area contributed by atoms with E-state index in [9.17, 15) is 5.11 Å². The molecule has 0 unspecified atom stereocenters. The van der Waals surface area contributed by atoms with E-state index in [1.165, 1.54) is 59.9 Å². The van der Waals surface area contributed by atoms with E-state index >= 15 is 0 Å². The summed E-state index contributed by atoms with van der Waals surface area (Å²) in [5.74, 6) is 0. The first-order valence-corrected chi connectivity index (χ1v) is 11.8. The van der Waals surface area contributed by atoms with Crippen LogP contribution in [0.3, 0.4) is 0 Å². The Morgan fingerprint density at radius 2 is 1.29 bits per heavy atom. The number of hydrogen-bond donors (Lipinski definition) is 2. The van der Waals surface area contributed by atoms with Crippen LogP contribution in [0.25, 0.3) is 11.1 Å². The molecule has 0 heterocycles. The average molecular weight is 421 g/mol. The number of unbranched alkanes of at least 4 members (excludes halogenated alkanes) is 4. The van der Waals surface area contributed by atoms with E-state index in [1.54, 1.807) is 0 Å². The Kier molecular flexibility index (Phi) is 11.3. The van der Waals surface area contributed by atoms with Crippen molar-refractivity contribution in [2.24, 2.45) is 0 Å². The molecular weight excluding hydrogens is 380 g/mol. The van der Waals surface area contributed by atoms with E-state index in [0.29, 0.717) is 0 Å². The SMILES string of the molecule is C=C(CO)CCc1ccc(-c2ccc(CCC(=C)CO)cc2CCCCCCC)cc1. The van der Waals surface area contributed by atoms with Gasteiger partial charge < -0.3 is 10.2 Å². The third-order valence-corrected chi connectivity index (χ3v) is 5.97. The van der Waals surface area contributed by atoms with Crippen LogP contribution in [-0.4, -0.2) is 23.4 Å². The molecule has 0 aliphatic heterocycles. The second-order valence-electron chi connectivity index (χ2n) is 8.67. The van der Waals surface area contributed by atoms with Crippen molar-refractivity contribution in [2.75, 3.05) is 13.2 Å². The maximum absolute atomic E-state index is 9.24. The Labute approximate surface area is 189 Å². The summed E-state index contributed by atoms with van der Waals surface area (Å²) in [6.07, 6.45) is 11.0. The first-order chi connectivity index (χ1) is 15.1. The van der Waals surface area contributed by atoms with Gasteiger partial charge in [0.25, 0.3) is 0 Å². The van der Waals surface area contributed by atoms with Gasteiger partial charge in [0.15, 0.2) is 0 Å². The fraction of sp³-hybridized carbons (Fsp3) is 0.448. The molecule has 2 heteroatoms. The highest BCUT2D eigenvalue weighted by molar-refractivity contribution is 5.68. The molecule has 168 valence electrons. The van der Waals surface area contributed by atoms with Gasteiger partial charge in [0, 0.05) is 0 Å². The van der Waals surface area contributed by atoms with E-state index in [1.807, 2.05) is 0 Å². The maximum atomic E-state index is 9.24. The quantitative estimate of drug-likeness (QED) is 0.245. The Bertz CT molecular complexity index is 817. The van der Waals surface area contributed by atoms with Gasteiger partial charge in [-0.3, -0.25) is 0 Å². The Balaban J connectivity index is 2.14. The highest BCUT2D eigenvalue weighted by Crippen LogP contribution is 2.28. The van der Waals surface area contributed by atoms with Gasteiger partial charge >= 0.3 is 0 Å². The first-order valence-electron chi connectivity index (χ1n) is 11.8. The van der Waals surface area contributed by atoms with Crippen LogP contribution in [-0.2, 0) is 19.3 Å². The van der Waals surface area contributed by atoms with Gasteiger partial charge in [0.1, 0.15) is 0 Å². The van der Waals surface area contributed by atoms with Crippen LogP contribution in [0.4, 0.5) is 0 Å². The summed E-state index contributed by atoms with van der Waals surface area (Å²) in [4.78, 5) is 0. The molecule has 31 heavy (non-hydrogen) atoms. The second-order valence-corrected chi connectivity index (χ2v) is 8.67. The number of aliphatic hydroxyl groups excluding tert-OH is 2. The third kappa shape index (κ3) is 8.85. The molecule has 0 fully saturated rings. The lowest BCUT2D eigenvalue weighted by molar-refractivity contribution is 0.327. The van der Waals surface area contributed by atoms with Crippen LogP contribution in [0.1, 0.15) is 68.6 Å². The number of aliphatic hydroxyl groups is 2. The van der Waals surface area contributed by atoms with Crippen LogP contribution in [0.2, 0.25) is 0 Å². The van der Waals surface area contributed by atoms with Crippen molar-refractivity contribution in [3.8, 4) is 11.1 Å². The van der Waals surface area contributed by atoms with Gasteiger partial charge in [0.05, 0.1) is 13.2 Å². The molecular formula is C29H40O2. The Morgan fingerprint density at radius 1 is 0.710 bits per heavy atom. The summed E-state index contributed by atoms with van der Waals surface area (Å²) >= 11 is 0. The van der Waals surface area contributed by atoms with Crippen LogP contribution < -0.4 is 0 Å². The monoisotopic (exact) mass is 420 g/mol. The standard InChI is InChI=1S/C29H40O2/c1-4-5-6-7-8-9-28-20-26(13-11-24(3)22-31)16-19-29(28)27-17-14-25(15-18-27)12-10-23(2)21-30/h14-20,30-31H,2-13,21-22H2,1H3. The van der Waals surface area contributed by atoms with E-state index in [-0.39, 0.29) is 13.2 Å². The minimum Gasteiger partial charge on any atom is -0.392 e. The predicted molar refractivity (Wildman–Crippen MR) is 133 cm³/mol. The lowest BCUT2D eigenvalue weighted by Crippen LogP contribution is -1.97. The molecule has 2 nitrogen and oxygen atoms in total. The highest BCUT2D eigenvalue weighted by Gasteiger charge is 2.08. The maximum Gasteiger partial charge on any atom is 0.0639 e. The van der Waals surface area contributed by atoms with Gasteiger partial charge in [-0.2, -0.15) is 0 Å². The summed E-state index contributed by atoms with van der Waals surface area (Å²) in [6, 6.07) is 15.7. The van der Waals surface area contributed by atoms with Gasteiger partial charge in [0.2, 0.25) is 0 Å². The molecule has 2 aromatic rings. The molecule has 0 atom stereocenters. The lowest BCUT2D eigenvalue weighted by atomic mass is 9.91. The van der Waals surface area contributed by atoms with Crippen molar-refractivity contribution in [1.29, 1.82) is 0 Å². The van der Waals surface area contributed by atoms with Gasteiger partial charge in [-0.15, -0.1) is 0 Å². The molecule has 2 N–H and O–H groups in total. The zero-order chi connectivity index (χ0) is 22.5. The zero-order valence-corrected chi connectivity index (χ0v) is 19.3. The summed E-state index contributed by atoms with van der Waals surface area (Å²) in [5, 5.41) is 18.4. The van der Waals surface area contributed by atoms with Crippen molar-refractivity contribution < 1.29 is 10.2 Å². The van der Waals surface area contributed by atoms with Crippen LogP contribution >= 0.6 is 0 Å². The average Bonchev–Trinajstić information content (AvgIpc) is 2.81. The highest BCUT2D eigenvalue weighted by atomic mass is 16.3. The van der Waals surface area contributed by atoms with Crippen molar-refractivity contribution >= 4 is 0 Å². The molecule has 0 aliphatic rings. The van der Waals surface area contributed by atoms with Crippen LogP contribution in [0.5, 0.6) is 0 Å². The Hall–Kier alpha value is -2.16. The fourth-order valence-corrected chi connectivity index (χ4v) is 3.86. The van der Waals surface area contributed by atoms with Gasteiger partial charge in [-0.25, -0.2) is 0 Å². The van der Waals surface area contributed by atoms with Crippen molar-refractivity contribution in [3.05, 3.63) is 83.5 Å². The normalized spacial score (nSPS) is 10.9. The van der Waals surface area contributed by atoms with E-state index in [2.05, 4.69) is 62.5 Å². The van der Waals surface area contributed by atoms with E-state index < -0.39 is 0 Å². The summed E-state index contributed by atoms with van der Waals surface area (Å²) in [7, 11) is 0. The second kappa shape index (κ2) is 14.0. The molecule has 0 aromatic heterocycles. The minimum absolute atomic E-state index is 0.0672. The van der Waals surface area contributed by atoms with E-state index in [0.717, 1.165) is 43.3 Å². The summed E-state index contributed by atoms with van der Waals surface area (Å²) in [6.45, 7) is 10.2. The molecule has 2 aromatic carbocycles. The largest absolute Gasteiger partial charge is 0.392 e. The number of rotatable bonds is 15.